The van der Waals surface area contributed by atoms with Crippen molar-refractivity contribution in [3.8, 4) is 0 Å². The lowest BCUT2D eigenvalue weighted by molar-refractivity contribution is -0.160. The molecule has 6 atom stereocenters. The van der Waals surface area contributed by atoms with Gasteiger partial charge in [-0.15, -0.1) is 0 Å². The molecule has 2 aromatic rings. The predicted molar refractivity (Wildman–Crippen MR) is 106 cm³/mol. The van der Waals surface area contributed by atoms with Gasteiger partial charge in [-0.05, 0) is 12.2 Å². The number of rotatable bonds is 6. The molecular formula is C14H20N7O9PS. The van der Waals surface area contributed by atoms with E-state index in [2.05, 4.69) is 25.6 Å². The molecule has 176 valence electrons. The molecule has 0 aromatic carbocycles. The molecule has 2 aliphatic heterocycles. The smallest absolute Gasteiger partial charge is 0.376 e. The first-order valence-corrected chi connectivity index (χ1v) is 11.1. The van der Waals surface area contributed by atoms with E-state index in [0.29, 0.717) is 0 Å². The highest BCUT2D eigenvalue weighted by Crippen LogP contribution is 2.55. The van der Waals surface area contributed by atoms with Gasteiger partial charge >= 0.3 is 13.6 Å². The van der Waals surface area contributed by atoms with Gasteiger partial charge in [-0.1, -0.05) is 0 Å². The van der Waals surface area contributed by atoms with E-state index in [4.69, 9.17) is 27.2 Å². The van der Waals surface area contributed by atoms with E-state index in [1.807, 2.05) is 0 Å². The second kappa shape index (κ2) is 8.07. The van der Waals surface area contributed by atoms with Crippen LogP contribution in [0, 0.1) is 4.77 Å². The number of hydrogen-bond donors (Lipinski definition) is 9. The quantitative estimate of drug-likeness (QED) is 0.111. The molecule has 2 saturated heterocycles. The van der Waals surface area contributed by atoms with Gasteiger partial charge in [0.2, 0.25) is 0 Å². The number of aromatic nitrogens is 4. The minimum absolute atomic E-state index is 0.00322. The third-order valence-electron chi connectivity index (χ3n) is 5.22. The predicted octanol–water partition coefficient (Wildman–Crippen LogP) is -2.86. The van der Waals surface area contributed by atoms with Crippen LogP contribution in [0.15, 0.2) is 6.33 Å². The number of ether oxygens (including phenoxy) is 1. The van der Waals surface area contributed by atoms with Crippen molar-refractivity contribution in [2.75, 3.05) is 18.8 Å². The molecule has 0 bridgehead atoms. The third-order valence-corrected chi connectivity index (χ3v) is 7.37. The van der Waals surface area contributed by atoms with E-state index < -0.39 is 49.8 Å². The van der Waals surface area contributed by atoms with E-state index in [9.17, 15) is 34.7 Å². The number of nitrogens with one attached hydrogen (secondary N) is 3. The number of nitrogen functional groups attached to an aromatic ring is 1. The fourth-order valence-electron chi connectivity index (χ4n) is 3.63. The summed E-state index contributed by atoms with van der Waals surface area (Å²) in [5, 5.41) is 42.8. The summed E-state index contributed by atoms with van der Waals surface area (Å²) in [6, 6.07) is 0. The number of fused-ring (bicyclic) bond motifs is 1. The second-order valence-corrected chi connectivity index (χ2v) is 9.42. The van der Waals surface area contributed by atoms with Crippen LogP contribution in [-0.2, 0) is 18.6 Å². The number of carbonyl (C=O) groups is 1. The Hall–Kier alpha value is -2.05. The van der Waals surface area contributed by atoms with E-state index in [-0.39, 0.29) is 34.8 Å². The fourth-order valence-corrected chi connectivity index (χ4v) is 5.36. The molecular weight excluding hydrogens is 473 g/mol. The molecule has 4 heterocycles. The molecule has 0 amide bonds. The third kappa shape index (κ3) is 3.43. The van der Waals surface area contributed by atoms with Gasteiger partial charge in [0.25, 0.3) is 5.40 Å². The number of carboxylic acids is 1. The summed E-state index contributed by atoms with van der Waals surface area (Å²) in [6.45, 7) is 0.0902. The molecule has 2 aromatic heterocycles. The zero-order chi connectivity index (χ0) is 23.4. The van der Waals surface area contributed by atoms with Crippen LogP contribution in [0.2, 0.25) is 0 Å². The van der Waals surface area contributed by atoms with Crippen LogP contribution >= 0.6 is 19.8 Å². The fraction of sp³-hybridized carbons (Fsp3) is 0.571. The Morgan fingerprint density at radius 3 is 2.66 bits per heavy atom. The van der Waals surface area contributed by atoms with Crippen molar-refractivity contribution in [3.63, 3.8) is 0 Å². The van der Waals surface area contributed by atoms with E-state index in [1.54, 1.807) is 0 Å². The van der Waals surface area contributed by atoms with Gasteiger partial charge < -0.3 is 40.8 Å². The molecule has 2 unspecified atom stereocenters. The SMILES string of the molecule is Nc1ncnc2c1[nH]c(=S)n2[C@@H]1O[C@H](C(O)OP(=O)(O)C2(C(=O)O)NCCN2)[C@@H](O)[C@H]1O. The van der Waals surface area contributed by atoms with Crippen molar-refractivity contribution in [1.29, 1.82) is 0 Å². The van der Waals surface area contributed by atoms with E-state index in [1.165, 1.54) is 4.57 Å². The molecule has 18 heteroatoms. The minimum atomic E-state index is -5.13. The Balaban J connectivity index is 1.61. The number of aromatic amines is 1. The highest BCUT2D eigenvalue weighted by atomic mass is 32.1. The number of H-pyrrole nitrogens is 1. The number of aliphatic hydroxyl groups is 3. The number of aliphatic carboxylic acids is 1. The Kier molecular flexibility index (Phi) is 5.83. The van der Waals surface area contributed by atoms with Crippen LogP contribution in [-0.4, -0.2) is 93.9 Å². The van der Waals surface area contributed by atoms with Gasteiger partial charge in [-0.2, -0.15) is 0 Å². The lowest BCUT2D eigenvalue weighted by atomic mass is 10.1. The summed E-state index contributed by atoms with van der Waals surface area (Å²) >= 11 is 5.20. The first-order chi connectivity index (χ1) is 15.0. The van der Waals surface area contributed by atoms with Crippen molar-refractivity contribution >= 4 is 42.8 Å². The molecule has 32 heavy (non-hydrogen) atoms. The molecule has 0 saturated carbocycles. The van der Waals surface area contributed by atoms with Crippen molar-refractivity contribution in [1.82, 2.24) is 30.2 Å². The molecule has 0 aliphatic carbocycles. The number of nitrogens with zero attached hydrogens (tertiary/aromatic N) is 3. The van der Waals surface area contributed by atoms with Gasteiger partial charge in [0.05, 0.1) is 0 Å². The molecule has 10 N–H and O–H groups in total. The zero-order valence-electron chi connectivity index (χ0n) is 16.0. The molecule has 0 spiro atoms. The minimum Gasteiger partial charge on any atom is -0.478 e. The molecule has 2 aliphatic rings. The zero-order valence-corrected chi connectivity index (χ0v) is 17.7. The van der Waals surface area contributed by atoms with Gasteiger partial charge in [0.1, 0.15) is 30.2 Å². The molecule has 2 fully saturated rings. The lowest BCUT2D eigenvalue weighted by Gasteiger charge is -2.31. The Bertz CT molecular complexity index is 1150. The lowest BCUT2D eigenvalue weighted by Crippen LogP contribution is -2.56. The van der Waals surface area contributed by atoms with Crippen molar-refractivity contribution in [3.05, 3.63) is 11.1 Å². The highest BCUT2D eigenvalue weighted by molar-refractivity contribution is 7.71. The average Bonchev–Trinajstić information content (AvgIpc) is 3.41. The van der Waals surface area contributed by atoms with Crippen LogP contribution in [0.1, 0.15) is 6.23 Å². The first kappa shape index (κ1) is 23.1. The average molecular weight is 493 g/mol. The van der Waals surface area contributed by atoms with Gasteiger partial charge in [-0.25, -0.2) is 14.8 Å². The number of aliphatic hydroxyl groups excluding tert-OH is 3. The van der Waals surface area contributed by atoms with Crippen molar-refractivity contribution < 1.29 is 43.9 Å². The number of hydrogen-bond acceptors (Lipinski definition) is 13. The van der Waals surface area contributed by atoms with Crippen LogP contribution in [0.25, 0.3) is 11.2 Å². The van der Waals surface area contributed by atoms with Gasteiger partial charge in [-0.3, -0.25) is 24.3 Å². The number of imidazole rings is 1. The summed E-state index contributed by atoms with van der Waals surface area (Å²) in [5.74, 6) is -1.68. The van der Waals surface area contributed by atoms with Crippen molar-refractivity contribution in [2.24, 2.45) is 0 Å². The maximum atomic E-state index is 12.7. The van der Waals surface area contributed by atoms with E-state index in [0.717, 1.165) is 6.33 Å². The first-order valence-electron chi connectivity index (χ1n) is 9.15. The Morgan fingerprint density at radius 1 is 1.38 bits per heavy atom. The van der Waals surface area contributed by atoms with Crippen LogP contribution in [0.3, 0.4) is 0 Å². The Morgan fingerprint density at radius 2 is 2.03 bits per heavy atom. The largest absolute Gasteiger partial charge is 0.478 e. The van der Waals surface area contributed by atoms with Crippen LogP contribution < -0.4 is 16.4 Å². The summed E-state index contributed by atoms with van der Waals surface area (Å²) in [7, 11) is -5.13. The van der Waals surface area contributed by atoms with Crippen LogP contribution in [0.5, 0.6) is 0 Å². The van der Waals surface area contributed by atoms with Gasteiger partial charge in [0, 0.05) is 13.1 Å². The standard InChI is InChI=1S/C14H20N7O9PS/c15-8-4-9(17-3-16-8)21(13(32)20-4)10-6(23)5(22)7(29-10)11(24)30-31(27,28)14(12(25)26)18-1-2-19-14/h3,5-7,10-11,18-19,22-24H,1-2H2,(H,20,32)(H,25,26)(H,27,28)(H2,15,16,17)/t5-,6+,7-,10+,11?/m0/s1. The number of nitrogens with two attached hydrogens (primary N) is 1. The van der Waals surface area contributed by atoms with Crippen molar-refractivity contribution in [2.45, 2.75) is 36.2 Å². The topological polar surface area (TPSA) is 250 Å². The van der Waals surface area contributed by atoms with E-state index >= 15 is 0 Å². The normalized spacial score (nSPS) is 30.4. The maximum absolute atomic E-state index is 12.7. The van der Waals surface area contributed by atoms with Crippen LogP contribution in [0.4, 0.5) is 5.82 Å². The summed E-state index contributed by atoms with van der Waals surface area (Å²) in [6.07, 6.45) is -7.83. The molecule has 4 rings (SSSR count). The number of carboxylic acid groups (broad SMARTS) is 1. The van der Waals surface area contributed by atoms with Gasteiger partial charge in [0.15, 0.2) is 28.8 Å². The molecule has 16 nitrogen and oxygen atoms in total. The highest BCUT2D eigenvalue weighted by Gasteiger charge is 2.60. The summed E-state index contributed by atoms with van der Waals surface area (Å²) in [4.78, 5) is 32.5. The Labute approximate surface area is 183 Å². The summed E-state index contributed by atoms with van der Waals surface area (Å²) in [5.41, 5.74) is 6.14. The number of anilines is 1. The second-order valence-electron chi connectivity index (χ2n) is 7.12. The summed E-state index contributed by atoms with van der Waals surface area (Å²) < 4.78 is 24.2. The maximum Gasteiger partial charge on any atom is 0.376 e. The monoisotopic (exact) mass is 493 g/mol. The molecule has 0 radical (unpaired) electrons.